The zero-order valence-electron chi connectivity index (χ0n) is 9.01. The first-order valence-electron chi connectivity index (χ1n) is 5.35. The molecule has 0 radical (unpaired) electrons. The van der Waals surface area contributed by atoms with E-state index in [4.69, 9.17) is 5.26 Å². The van der Waals surface area contributed by atoms with Crippen LogP contribution < -0.4 is 10.7 Å². The second-order valence-electron chi connectivity index (χ2n) is 3.84. The lowest BCUT2D eigenvalue weighted by molar-refractivity contribution is 0.478. The quantitative estimate of drug-likeness (QED) is 0.713. The highest BCUT2D eigenvalue weighted by atomic mass is 16.3. The minimum Gasteiger partial charge on any atom is -0.506 e. The third kappa shape index (κ3) is 1.29. The van der Waals surface area contributed by atoms with Gasteiger partial charge in [0.15, 0.2) is 0 Å². The number of nitriles is 1. The van der Waals surface area contributed by atoms with Gasteiger partial charge in [0.25, 0.3) is 0 Å². The number of phenolic OH excluding ortho intramolecular Hbond substituents is 1. The molecule has 1 aliphatic heterocycles. The van der Waals surface area contributed by atoms with Crippen LogP contribution in [0.5, 0.6) is 5.75 Å². The SMILES string of the molecule is N#Cc1c(O)c2ccccc2c2c1=NCCN=2. The Morgan fingerprint density at radius 3 is 2.41 bits per heavy atom. The van der Waals surface area contributed by atoms with Crippen LogP contribution >= 0.6 is 0 Å². The first-order chi connectivity index (χ1) is 8.33. The third-order valence-corrected chi connectivity index (χ3v) is 2.89. The number of nitrogens with zero attached hydrogens (tertiary/aromatic N) is 3. The van der Waals surface area contributed by atoms with Crippen LogP contribution in [0.15, 0.2) is 34.3 Å². The van der Waals surface area contributed by atoms with Crippen LogP contribution in [-0.4, -0.2) is 18.2 Å². The van der Waals surface area contributed by atoms with Crippen molar-refractivity contribution in [2.45, 2.75) is 0 Å². The molecule has 0 unspecified atom stereocenters. The van der Waals surface area contributed by atoms with Crippen molar-refractivity contribution in [1.29, 1.82) is 5.26 Å². The average molecular weight is 223 g/mol. The molecule has 0 fully saturated rings. The van der Waals surface area contributed by atoms with Gasteiger partial charge in [0.2, 0.25) is 0 Å². The Bertz CT molecular complexity index is 772. The Morgan fingerprint density at radius 2 is 1.71 bits per heavy atom. The summed E-state index contributed by atoms with van der Waals surface area (Å²) < 4.78 is 0. The van der Waals surface area contributed by atoms with E-state index >= 15 is 0 Å². The zero-order valence-corrected chi connectivity index (χ0v) is 9.01. The van der Waals surface area contributed by atoms with Gasteiger partial charge in [-0.1, -0.05) is 24.3 Å². The van der Waals surface area contributed by atoms with Crippen LogP contribution in [0.25, 0.3) is 10.8 Å². The summed E-state index contributed by atoms with van der Waals surface area (Å²) in [5.74, 6) is 0.00250. The first-order valence-corrected chi connectivity index (χ1v) is 5.35. The number of benzene rings is 2. The van der Waals surface area contributed by atoms with Gasteiger partial charge >= 0.3 is 0 Å². The van der Waals surface area contributed by atoms with Crippen molar-refractivity contribution in [1.82, 2.24) is 0 Å². The van der Waals surface area contributed by atoms with E-state index in [1.807, 2.05) is 24.3 Å². The van der Waals surface area contributed by atoms with Crippen molar-refractivity contribution in [2.24, 2.45) is 9.98 Å². The highest BCUT2D eigenvalue weighted by molar-refractivity contribution is 5.89. The van der Waals surface area contributed by atoms with Gasteiger partial charge in [-0.25, -0.2) is 0 Å². The van der Waals surface area contributed by atoms with Gasteiger partial charge in [0.1, 0.15) is 22.7 Å². The maximum absolute atomic E-state index is 10.1. The summed E-state index contributed by atoms with van der Waals surface area (Å²) in [4.78, 5) is 8.71. The van der Waals surface area contributed by atoms with Crippen LogP contribution in [0, 0.1) is 11.3 Å². The molecule has 2 aromatic rings. The van der Waals surface area contributed by atoms with Crippen molar-refractivity contribution < 1.29 is 5.11 Å². The summed E-state index contributed by atoms with van der Waals surface area (Å²) in [5, 5.41) is 22.0. The minimum atomic E-state index is 0.00250. The molecule has 0 aliphatic carbocycles. The molecule has 82 valence electrons. The number of aromatic hydroxyl groups is 1. The Kier molecular flexibility index (Phi) is 2.05. The van der Waals surface area contributed by atoms with E-state index in [-0.39, 0.29) is 11.3 Å². The number of hydrogen-bond acceptors (Lipinski definition) is 4. The summed E-state index contributed by atoms with van der Waals surface area (Å²) in [5.41, 5.74) is 0.224. The predicted octanol–water partition coefficient (Wildman–Crippen LogP) is 0.670. The Balaban J connectivity index is 2.69. The van der Waals surface area contributed by atoms with Gasteiger partial charge in [-0.15, -0.1) is 0 Å². The van der Waals surface area contributed by atoms with Crippen molar-refractivity contribution in [3.05, 3.63) is 40.5 Å². The summed E-state index contributed by atoms with van der Waals surface area (Å²) >= 11 is 0. The highest BCUT2D eigenvalue weighted by Gasteiger charge is 2.13. The minimum absolute atomic E-state index is 0.00250. The standard InChI is InChI=1S/C13H9N3O/c14-7-10-12-11(15-5-6-16-12)8-3-1-2-4-9(8)13(10)17/h1-4,17H,5-6H2. The van der Waals surface area contributed by atoms with E-state index in [9.17, 15) is 5.11 Å². The lowest BCUT2D eigenvalue weighted by Crippen LogP contribution is -2.33. The van der Waals surface area contributed by atoms with Crippen molar-refractivity contribution in [3.63, 3.8) is 0 Å². The van der Waals surface area contributed by atoms with Gasteiger partial charge in [0, 0.05) is 10.8 Å². The predicted molar refractivity (Wildman–Crippen MR) is 62.4 cm³/mol. The molecule has 0 saturated carbocycles. The average Bonchev–Trinajstić information content (AvgIpc) is 2.40. The van der Waals surface area contributed by atoms with E-state index in [1.165, 1.54) is 0 Å². The van der Waals surface area contributed by atoms with Gasteiger partial charge in [-0.3, -0.25) is 9.98 Å². The van der Waals surface area contributed by atoms with E-state index in [1.54, 1.807) is 6.07 Å². The van der Waals surface area contributed by atoms with E-state index in [0.29, 0.717) is 23.8 Å². The third-order valence-electron chi connectivity index (χ3n) is 2.89. The summed E-state index contributed by atoms with van der Waals surface area (Å²) in [6.07, 6.45) is 0. The van der Waals surface area contributed by atoms with Gasteiger partial charge in [-0.05, 0) is 0 Å². The second kappa shape index (κ2) is 3.56. The maximum Gasteiger partial charge on any atom is 0.143 e. The zero-order chi connectivity index (χ0) is 11.8. The molecule has 0 spiro atoms. The fourth-order valence-corrected chi connectivity index (χ4v) is 2.13. The molecule has 3 rings (SSSR count). The van der Waals surface area contributed by atoms with Gasteiger partial charge < -0.3 is 5.11 Å². The Morgan fingerprint density at radius 1 is 1.06 bits per heavy atom. The molecule has 1 aliphatic rings. The Labute approximate surface area is 97.2 Å². The lowest BCUT2D eigenvalue weighted by Gasteiger charge is -2.07. The summed E-state index contributed by atoms with van der Waals surface area (Å²) in [6, 6.07) is 9.40. The van der Waals surface area contributed by atoms with E-state index < -0.39 is 0 Å². The topological polar surface area (TPSA) is 68.7 Å². The van der Waals surface area contributed by atoms with Crippen LogP contribution in [0.3, 0.4) is 0 Å². The molecule has 0 bridgehead atoms. The molecule has 17 heavy (non-hydrogen) atoms. The van der Waals surface area contributed by atoms with Crippen LogP contribution in [0.4, 0.5) is 0 Å². The largest absolute Gasteiger partial charge is 0.506 e. The molecule has 1 N–H and O–H groups in total. The smallest absolute Gasteiger partial charge is 0.143 e. The van der Waals surface area contributed by atoms with Crippen molar-refractivity contribution in [3.8, 4) is 11.8 Å². The fourth-order valence-electron chi connectivity index (χ4n) is 2.13. The molecule has 2 aromatic carbocycles. The number of hydrogen-bond donors (Lipinski definition) is 1. The Hall–Kier alpha value is -2.41. The highest BCUT2D eigenvalue weighted by Crippen LogP contribution is 2.23. The molecule has 0 aromatic heterocycles. The molecule has 0 saturated heterocycles. The van der Waals surface area contributed by atoms with E-state index in [0.717, 1.165) is 10.7 Å². The van der Waals surface area contributed by atoms with Crippen molar-refractivity contribution in [2.75, 3.05) is 13.1 Å². The molecule has 4 nitrogen and oxygen atoms in total. The molecule has 1 heterocycles. The van der Waals surface area contributed by atoms with Gasteiger partial charge in [-0.2, -0.15) is 5.26 Å². The fraction of sp³-hybridized carbons (Fsp3) is 0.154. The summed E-state index contributed by atoms with van der Waals surface area (Å²) in [7, 11) is 0. The lowest BCUT2D eigenvalue weighted by atomic mass is 10.0. The maximum atomic E-state index is 10.1. The van der Waals surface area contributed by atoms with Gasteiger partial charge in [0.05, 0.1) is 18.4 Å². The second-order valence-corrected chi connectivity index (χ2v) is 3.84. The molecular weight excluding hydrogens is 214 g/mol. The molecule has 0 atom stereocenters. The number of phenols is 1. The van der Waals surface area contributed by atoms with Crippen LogP contribution in [0.2, 0.25) is 0 Å². The molecular formula is C13H9N3O. The van der Waals surface area contributed by atoms with Crippen molar-refractivity contribution >= 4 is 10.8 Å². The van der Waals surface area contributed by atoms with Crippen LogP contribution in [-0.2, 0) is 0 Å². The van der Waals surface area contributed by atoms with Crippen LogP contribution in [0.1, 0.15) is 5.56 Å². The monoisotopic (exact) mass is 223 g/mol. The van der Waals surface area contributed by atoms with E-state index in [2.05, 4.69) is 9.98 Å². The summed E-state index contributed by atoms with van der Waals surface area (Å²) in [6.45, 7) is 1.20. The number of fused-ring (bicyclic) bond motifs is 3. The molecule has 4 heteroatoms. The molecule has 0 amide bonds. The number of rotatable bonds is 0. The first kappa shape index (κ1) is 9.79. The normalized spacial score (nSPS) is 13.4.